The van der Waals surface area contributed by atoms with Crippen LogP contribution in [0.3, 0.4) is 0 Å². The Balaban J connectivity index is 1.90. The van der Waals surface area contributed by atoms with Crippen LogP contribution in [0.25, 0.3) is 6.08 Å². The highest BCUT2D eigenvalue weighted by Gasteiger charge is 1.99. The molecule has 2 aromatic rings. The molecule has 1 aromatic carbocycles. The summed E-state index contributed by atoms with van der Waals surface area (Å²) in [7, 11) is 0. The smallest absolute Gasteiger partial charge is 0.328 e. The molecule has 0 unspecified atom stereocenters. The van der Waals surface area contributed by atoms with E-state index in [-0.39, 0.29) is 0 Å². The lowest BCUT2D eigenvalue weighted by Crippen LogP contribution is -2.08. The summed E-state index contributed by atoms with van der Waals surface area (Å²) >= 11 is 0. The molecule has 0 amide bonds. The van der Waals surface area contributed by atoms with E-state index in [1.54, 1.807) is 6.08 Å². The average Bonchev–Trinajstić information content (AvgIpc) is 2.86. The van der Waals surface area contributed by atoms with Crippen molar-refractivity contribution in [2.75, 3.05) is 6.61 Å². The van der Waals surface area contributed by atoms with E-state index in [2.05, 4.69) is 0 Å². The number of rotatable bonds is 6. The fourth-order valence-corrected chi connectivity index (χ4v) is 1.84. The number of carboxylic acids is 1. The van der Waals surface area contributed by atoms with Gasteiger partial charge in [-0.05, 0) is 37.3 Å². The molecule has 0 atom stereocenters. The van der Waals surface area contributed by atoms with Gasteiger partial charge in [0.15, 0.2) is 0 Å². The minimum absolute atomic E-state index is 0.533. The molecule has 0 saturated heterocycles. The van der Waals surface area contributed by atoms with Gasteiger partial charge >= 0.3 is 5.97 Å². The Bertz CT molecular complexity index is 596. The van der Waals surface area contributed by atoms with Gasteiger partial charge in [0, 0.05) is 18.0 Å². The van der Waals surface area contributed by atoms with Gasteiger partial charge in [-0.15, -0.1) is 0 Å². The Labute approximate surface area is 117 Å². The van der Waals surface area contributed by atoms with E-state index >= 15 is 0 Å². The number of benzene rings is 1. The number of ether oxygens (including phenoxy) is 1. The van der Waals surface area contributed by atoms with Crippen LogP contribution in [0.5, 0.6) is 5.75 Å². The van der Waals surface area contributed by atoms with Crippen LogP contribution in [0.2, 0.25) is 0 Å². The molecule has 0 spiro atoms. The molecule has 0 saturated carbocycles. The van der Waals surface area contributed by atoms with Crippen molar-refractivity contribution in [1.82, 2.24) is 4.57 Å². The fourth-order valence-electron chi connectivity index (χ4n) is 1.84. The molecular formula is C16H17NO3. The molecule has 0 aliphatic rings. The van der Waals surface area contributed by atoms with Gasteiger partial charge < -0.3 is 14.4 Å². The molecule has 0 bridgehead atoms. The molecule has 2 rings (SSSR count). The van der Waals surface area contributed by atoms with Crippen molar-refractivity contribution in [2.24, 2.45) is 0 Å². The van der Waals surface area contributed by atoms with Crippen molar-refractivity contribution >= 4 is 12.0 Å². The van der Waals surface area contributed by atoms with E-state index in [0.29, 0.717) is 13.2 Å². The second kappa shape index (κ2) is 6.61. The van der Waals surface area contributed by atoms with Crippen molar-refractivity contribution in [3.63, 3.8) is 0 Å². The normalized spacial score (nSPS) is 10.8. The van der Waals surface area contributed by atoms with E-state index in [1.807, 2.05) is 54.1 Å². The standard InChI is InChI=1S/C16H17NO3/c1-13-4-7-15(8-5-13)20-12-11-17-10-2-3-14(17)6-9-16(18)19/h2-10H,11-12H2,1H3,(H,18,19)/b9-6+. The molecular weight excluding hydrogens is 254 g/mol. The predicted octanol–water partition coefficient (Wildman–Crippen LogP) is 2.97. The lowest BCUT2D eigenvalue weighted by atomic mass is 10.2. The van der Waals surface area contributed by atoms with Gasteiger partial charge in [0.25, 0.3) is 0 Å². The van der Waals surface area contributed by atoms with Crippen molar-refractivity contribution in [2.45, 2.75) is 13.5 Å². The highest BCUT2D eigenvalue weighted by Crippen LogP contribution is 2.12. The first-order valence-electron chi connectivity index (χ1n) is 6.41. The summed E-state index contributed by atoms with van der Waals surface area (Å²) in [6.45, 7) is 3.23. The van der Waals surface area contributed by atoms with Crippen molar-refractivity contribution in [3.05, 3.63) is 59.9 Å². The van der Waals surface area contributed by atoms with Crippen LogP contribution in [-0.2, 0) is 11.3 Å². The van der Waals surface area contributed by atoms with E-state index in [9.17, 15) is 4.79 Å². The van der Waals surface area contributed by atoms with Crippen LogP contribution in [0.15, 0.2) is 48.7 Å². The Morgan fingerprint density at radius 3 is 2.75 bits per heavy atom. The van der Waals surface area contributed by atoms with Gasteiger partial charge in [0.05, 0.1) is 6.54 Å². The third-order valence-corrected chi connectivity index (χ3v) is 2.88. The maximum Gasteiger partial charge on any atom is 0.328 e. The largest absolute Gasteiger partial charge is 0.492 e. The molecule has 1 aromatic heterocycles. The van der Waals surface area contributed by atoms with Gasteiger partial charge in [-0.25, -0.2) is 4.79 Å². The first-order valence-corrected chi connectivity index (χ1v) is 6.41. The number of hydrogen-bond acceptors (Lipinski definition) is 2. The van der Waals surface area contributed by atoms with Crippen LogP contribution < -0.4 is 4.74 Å². The van der Waals surface area contributed by atoms with Gasteiger partial charge in [-0.2, -0.15) is 0 Å². The molecule has 4 nitrogen and oxygen atoms in total. The van der Waals surface area contributed by atoms with Crippen LogP contribution in [0.4, 0.5) is 0 Å². The maximum absolute atomic E-state index is 10.5. The van der Waals surface area contributed by atoms with Crippen LogP contribution in [-0.4, -0.2) is 22.2 Å². The summed E-state index contributed by atoms with van der Waals surface area (Å²) in [5, 5.41) is 8.63. The van der Waals surface area contributed by atoms with E-state index in [1.165, 1.54) is 5.56 Å². The highest BCUT2D eigenvalue weighted by atomic mass is 16.5. The number of aryl methyl sites for hydroxylation is 1. The quantitative estimate of drug-likeness (QED) is 0.822. The number of nitrogens with zero attached hydrogens (tertiary/aromatic N) is 1. The van der Waals surface area contributed by atoms with Crippen LogP contribution in [0.1, 0.15) is 11.3 Å². The first kappa shape index (κ1) is 13.9. The summed E-state index contributed by atoms with van der Waals surface area (Å²) in [6.07, 6.45) is 4.61. The van der Waals surface area contributed by atoms with Gasteiger partial charge in [0.1, 0.15) is 12.4 Å². The Hall–Kier alpha value is -2.49. The van der Waals surface area contributed by atoms with Gasteiger partial charge in [-0.3, -0.25) is 0 Å². The summed E-state index contributed by atoms with van der Waals surface area (Å²) in [6, 6.07) is 11.6. The van der Waals surface area contributed by atoms with E-state index < -0.39 is 5.97 Å². The summed E-state index contributed by atoms with van der Waals surface area (Å²) in [5.74, 6) is -0.112. The number of carbonyl (C=O) groups is 1. The first-order chi connectivity index (χ1) is 9.65. The molecule has 0 radical (unpaired) electrons. The molecule has 104 valence electrons. The Morgan fingerprint density at radius 2 is 2.05 bits per heavy atom. The second-order valence-electron chi connectivity index (χ2n) is 4.46. The van der Waals surface area contributed by atoms with Crippen molar-refractivity contribution < 1.29 is 14.6 Å². The lowest BCUT2D eigenvalue weighted by molar-refractivity contribution is -0.131. The SMILES string of the molecule is Cc1ccc(OCCn2cccc2/C=C/C(=O)O)cc1. The monoisotopic (exact) mass is 271 g/mol. The predicted molar refractivity (Wildman–Crippen MR) is 77.8 cm³/mol. The zero-order valence-corrected chi connectivity index (χ0v) is 11.3. The molecule has 20 heavy (non-hydrogen) atoms. The molecule has 0 aliphatic carbocycles. The highest BCUT2D eigenvalue weighted by molar-refractivity contribution is 5.84. The molecule has 1 N–H and O–H groups in total. The number of aromatic nitrogens is 1. The summed E-state index contributed by atoms with van der Waals surface area (Å²) in [5.41, 5.74) is 2.05. The van der Waals surface area contributed by atoms with Gasteiger partial charge in [0.2, 0.25) is 0 Å². The van der Waals surface area contributed by atoms with Crippen molar-refractivity contribution in [3.8, 4) is 5.75 Å². The Kier molecular flexibility index (Phi) is 4.60. The zero-order valence-electron chi connectivity index (χ0n) is 11.3. The second-order valence-corrected chi connectivity index (χ2v) is 4.46. The summed E-state index contributed by atoms with van der Waals surface area (Å²) < 4.78 is 7.61. The number of aliphatic carboxylic acids is 1. The minimum Gasteiger partial charge on any atom is -0.492 e. The van der Waals surface area contributed by atoms with Crippen LogP contribution >= 0.6 is 0 Å². The topological polar surface area (TPSA) is 51.5 Å². The fraction of sp³-hybridized carbons (Fsp3) is 0.188. The molecule has 1 heterocycles. The molecule has 0 fully saturated rings. The third-order valence-electron chi connectivity index (χ3n) is 2.88. The number of carboxylic acid groups (broad SMARTS) is 1. The zero-order chi connectivity index (χ0) is 14.4. The molecule has 0 aliphatic heterocycles. The maximum atomic E-state index is 10.5. The third kappa shape index (κ3) is 4.02. The Morgan fingerprint density at radius 1 is 1.30 bits per heavy atom. The minimum atomic E-state index is -0.950. The van der Waals surface area contributed by atoms with E-state index in [4.69, 9.17) is 9.84 Å². The van der Waals surface area contributed by atoms with Crippen molar-refractivity contribution in [1.29, 1.82) is 0 Å². The van der Waals surface area contributed by atoms with E-state index in [0.717, 1.165) is 17.5 Å². The summed E-state index contributed by atoms with van der Waals surface area (Å²) in [4.78, 5) is 10.5. The number of hydrogen-bond donors (Lipinski definition) is 1. The molecule has 4 heteroatoms. The van der Waals surface area contributed by atoms with Crippen LogP contribution in [0, 0.1) is 6.92 Å². The van der Waals surface area contributed by atoms with Gasteiger partial charge in [-0.1, -0.05) is 17.7 Å². The lowest BCUT2D eigenvalue weighted by Gasteiger charge is -2.09. The average molecular weight is 271 g/mol.